The molecule has 2 heterocycles. The number of carbonyl (C=O) groups is 2. The van der Waals surface area contributed by atoms with E-state index in [2.05, 4.69) is 15.3 Å². The highest BCUT2D eigenvalue weighted by Gasteiger charge is 2.22. The van der Waals surface area contributed by atoms with Gasteiger partial charge in [-0.3, -0.25) is 14.6 Å². The van der Waals surface area contributed by atoms with E-state index in [9.17, 15) is 9.59 Å². The maximum Gasteiger partial charge on any atom is 0.252 e. The number of nitrogens with two attached hydrogens (primary N) is 1. The molecule has 2 amide bonds. The quantitative estimate of drug-likeness (QED) is 0.511. The molecule has 6 heteroatoms. The highest BCUT2D eigenvalue weighted by Crippen LogP contribution is 2.20. The minimum atomic E-state index is -0.816. The van der Waals surface area contributed by atoms with Gasteiger partial charge in [-0.2, -0.15) is 0 Å². The summed E-state index contributed by atoms with van der Waals surface area (Å²) in [7, 11) is 0. The third kappa shape index (κ3) is 3.25. The van der Waals surface area contributed by atoms with Gasteiger partial charge in [0, 0.05) is 35.1 Å². The van der Waals surface area contributed by atoms with Gasteiger partial charge in [0.1, 0.15) is 6.04 Å². The summed E-state index contributed by atoms with van der Waals surface area (Å²) < 4.78 is 0. The summed E-state index contributed by atoms with van der Waals surface area (Å²) in [5.74, 6) is -0.927. The normalized spacial score (nSPS) is 12.1. The Morgan fingerprint density at radius 1 is 1.04 bits per heavy atom. The van der Waals surface area contributed by atoms with Crippen LogP contribution in [0.25, 0.3) is 21.8 Å². The lowest BCUT2D eigenvalue weighted by Gasteiger charge is -2.16. The monoisotopic (exact) mass is 358 g/mol. The lowest BCUT2D eigenvalue weighted by atomic mass is 10.0. The minimum absolute atomic E-state index is 0.314. The summed E-state index contributed by atoms with van der Waals surface area (Å²) in [6.07, 6.45) is 3.74. The van der Waals surface area contributed by atoms with Crippen molar-refractivity contribution in [3.63, 3.8) is 0 Å². The average molecular weight is 358 g/mol. The number of benzene rings is 2. The first-order valence-electron chi connectivity index (χ1n) is 8.62. The van der Waals surface area contributed by atoms with Gasteiger partial charge in [-0.05, 0) is 23.8 Å². The second-order valence-corrected chi connectivity index (χ2v) is 6.37. The van der Waals surface area contributed by atoms with Gasteiger partial charge in [-0.15, -0.1) is 0 Å². The molecular formula is C21H18N4O2. The zero-order valence-electron chi connectivity index (χ0n) is 14.5. The lowest BCUT2D eigenvalue weighted by Crippen LogP contribution is -2.45. The summed E-state index contributed by atoms with van der Waals surface area (Å²) >= 11 is 0. The summed E-state index contributed by atoms with van der Waals surface area (Å²) in [5, 5.41) is 4.51. The molecular weight excluding hydrogens is 340 g/mol. The van der Waals surface area contributed by atoms with Gasteiger partial charge in [0.05, 0.1) is 11.1 Å². The molecule has 2 aromatic heterocycles. The lowest BCUT2D eigenvalue weighted by molar-refractivity contribution is -0.119. The zero-order chi connectivity index (χ0) is 18.8. The summed E-state index contributed by atoms with van der Waals surface area (Å²) in [4.78, 5) is 32.2. The molecule has 2 aromatic carbocycles. The van der Waals surface area contributed by atoms with Gasteiger partial charge < -0.3 is 16.0 Å². The predicted molar refractivity (Wildman–Crippen MR) is 104 cm³/mol. The molecule has 27 heavy (non-hydrogen) atoms. The van der Waals surface area contributed by atoms with Crippen LogP contribution in [0.2, 0.25) is 0 Å². The number of pyridine rings is 1. The molecule has 0 fully saturated rings. The van der Waals surface area contributed by atoms with Crippen molar-refractivity contribution < 1.29 is 9.59 Å². The minimum Gasteiger partial charge on any atom is -0.368 e. The molecule has 6 nitrogen and oxygen atoms in total. The van der Waals surface area contributed by atoms with Crippen LogP contribution >= 0.6 is 0 Å². The van der Waals surface area contributed by atoms with Gasteiger partial charge in [0.25, 0.3) is 5.91 Å². The zero-order valence-corrected chi connectivity index (χ0v) is 14.5. The molecule has 0 spiro atoms. The number of primary amides is 1. The van der Waals surface area contributed by atoms with E-state index in [0.29, 0.717) is 12.0 Å². The van der Waals surface area contributed by atoms with Crippen molar-refractivity contribution in [3.8, 4) is 0 Å². The molecule has 0 saturated heterocycles. The van der Waals surface area contributed by atoms with Crippen molar-refractivity contribution in [2.75, 3.05) is 0 Å². The Hall–Kier alpha value is -3.67. The highest BCUT2D eigenvalue weighted by atomic mass is 16.2. The van der Waals surface area contributed by atoms with E-state index in [0.717, 1.165) is 27.4 Å². The van der Waals surface area contributed by atoms with Gasteiger partial charge >= 0.3 is 0 Å². The van der Waals surface area contributed by atoms with E-state index in [4.69, 9.17) is 5.73 Å². The third-order valence-electron chi connectivity index (χ3n) is 4.64. The number of hydrogen-bond donors (Lipinski definition) is 3. The van der Waals surface area contributed by atoms with Gasteiger partial charge in [-0.1, -0.05) is 36.4 Å². The van der Waals surface area contributed by atoms with Crippen LogP contribution in [0.5, 0.6) is 0 Å². The molecule has 4 aromatic rings. The smallest absolute Gasteiger partial charge is 0.252 e. The maximum absolute atomic E-state index is 12.8. The van der Waals surface area contributed by atoms with Crippen molar-refractivity contribution in [1.29, 1.82) is 0 Å². The second-order valence-electron chi connectivity index (χ2n) is 6.37. The molecule has 1 atom stereocenters. The third-order valence-corrected chi connectivity index (χ3v) is 4.64. The molecule has 0 aliphatic heterocycles. The van der Waals surface area contributed by atoms with Crippen LogP contribution in [0, 0.1) is 0 Å². The van der Waals surface area contributed by atoms with Crippen molar-refractivity contribution in [2.24, 2.45) is 5.73 Å². The number of nitrogens with zero attached hydrogens (tertiary/aromatic N) is 1. The Balaban J connectivity index is 1.61. The maximum atomic E-state index is 12.8. The van der Waals surface area contributed by atoms with Gasteiger partial charge in [-0.25, -0.2) is 0 Å². The fraction of sp³-hybridized carbons (Fsp3) is 0.0952. The number of nitrogens with one attached hydrogen (secondary N) is 2. The van der Waals surface area contributed by atoms with Crippen LogP contribution in [0.3, 0.4) is 0 Å². The van der Waals surface area contributed by atoms with Crippen molar-refractivity contribution in [2.45, 2.75) is 12.5 Å². The number of amides is 2. The number of aromatic nitrogens is 2. The number of para-hydroxylation sites is 2. The fourth-order valence-corrected chi connectivity index (χ4v) is 3.27. The number of H-pyrrole nitrogens is 1. The van der Waals surface area contributed by atoms with E-state index < -0.39 is 11.9 Å². The van der Waals surface area contributed by atoms with Crippen molar-refractivity contribution in [3.05, 3.63) is 78.1 Å². The van der Waals surface area contributed by atoms with Crippen LogP contribution in [0.4, 0.5) is 0 Å². The standard InChI is InChI=1S/C21H18N4O2/c22-20(26)19(11-13-12-24-17-7-3-1-5-14(13)17)25-21(27)16-9-10-23-18-8-4-2-6-15(16)18/h1-10,12,19,24H,11H2,(H2,22,26)(H,25,27)/t19-/m0/s1. The number of fused-ring (bicyclic) bond motifs is 2. The van der Waals surface area contributed by atoms with E-state index in [1.54, 1.807) is 12.3 Å². The molecule has 0 aliphatic rings. The number of hydrogen-bond acceptors (Lipinski definition) is 3. The molecule has 4 rings (SSSR count). The van der Waals surface area contributed by atoms with E-state index in [1.165, 1.54) is 0 Å². The van der Waals surface area contributed by atoms with E-state index >= 15 is 0 Å². The molecule has 0 saturated carbocycles. The SMILES string of the molecule is NC(=O)[C@H](Cc1c[nH]c2ccccc12)NC(=O)c1ccnc2ccccc12. The molecule has 4 N–H and O–H groups in total. The summed E-state index contributed by atoms with van der Waals surface area (Å²) in [6, 6.07) is 16.0. The van der Waals surface area contributed by atoms with Gasteiger partial charge in [0.2, 0.25) is 5.91 Å². The number of carbonyl (C=O) groups excluding carboxylic acids is 2. The van der Waals surface area contributed by atoms with Crippen LogP contribution < -0.4 is 11.1 Å². The van der Waals surface area contributed by atoms with Crippen molar-refractivity contribution >= 4 is 33.6 Å². The second kappa shape index (κ2) is 6.92. The van der Waals surface area contributed by atoms with Crippen LogP contribution in [0.1, 0.15) is 15.9 Å². The van der Waals surface area contributed by atoms with Crippen molar-refractivity contribution in [1.82, 2.24) is 15.3 Å². The first-order valence-corrected chi connectivity index (χ1v) is 8.62. The fourth-order valence-electron chi connectivity index (χ4n) is 3.27. The highest BCUT2D eigenvalue weighted by molar-refractivity contribution is 6.07. The average Bonchev–Trinajstić information content (AvgIpc) is 3.10. The number of aromatic amines is 1. The first-order chi connectivity index (χ1) is 13.1. The predicted octanol–water partition coefficient (Wildman–Crippen LogP) is 2.54. The van der Waals surface area contributed by atoms with E-state index in [-0.39, 0.29) is 5.91 Å². The topological polar surface area (TPSA) is 101 Å². The Kier molecular flexibility index (Phi) is 4.30. The molecule has 0 radical (unpaired) electrons. The summed E-state index contributed by atoms with van der Waals surface area (Å²) in [5.41, 5.74) is 8.64. The largest absolute Gasteiger partial charge is 0.368 e. The molecule has 0 aliphatic carbocycles. The number of rotatable bonds is 5. The van der Waals surface area contributed by atoms with Crippen LogP contribution in [-0.2, 0) is 11.2 Å². The van der Waals surface area contributed by atoms with Crippen LogP contribution in [-0.4, -0.2) is 27.8 Å². The first kappa shape index (κ1) is 16.8. The summed E-state index contributed by atoms with van der Waals surface area (Å²) in [6.45, 7) is 0. The Morgan fingerprint density at radius 2 is 1.78 bits per heavy atom. The van der Waals surface area contributed by atoms with Crippen LogP contribution in [0.15, 0.2) is 67.0 Å². The molecule has 0 unspecified atom stereocenters. The Morgan fingerprint density at radius 3 is 2.59 bits per heavy atom. The van der Waals surface area contributed by atoms with Gasteiger partial charge in [0.15, 0.2) is 0 Å². The molecule has 134 valence electrons. The molecule has 0 bridgehead atoms. The Bertz CT molecular complexity index is 1140. The van der Waals surface area contributed by atoms with E-state index in [1.807, 2.05) is 54.7 Å². The Labute approximate surface area is 155 Å².